The summed E-state index contributed by atoms with van der Waals surface area (Å²) in [6.45, 7) is 0. The summed E-state index contributed by atoms with van der Waals surface area (Å²) in [5.41, 5.74) is 13.5. The molecule has 1 heterocycles. The highest BCUT2D eigenvalue weighted by Gasteiger charge is 2.23. The van der Waals surface area contributed by atoms with Gasteiger partial charge in [-0.15, -0.1) is 23.7 Å². The maximum Gasteiger partial charge on any atom is 0.240 e. The summed E-state index contributed by atoms with van der Waals surface area (Å²) in [5, 5.41) is 5.82. The van der Waals surface area contributed by atoms with E-state index in [0.29, 0.717) is 12.8 Å². The van der Waals surface area contributed by atoms with Crippen molar-refractivity contribution in [1.82, 2.24) is 5.32 Å². The fourth-order valence-electron chi connectivity index (χ4n) is 2.87. The average molecular weight is 404 g/mol. The zero-order valence-electron chi connectivity index (χ0n) is 14.6. The molecule has 2 amide bonds. The highest BCUT2D eigenvalue weighted by atomic mass is 35.5. The van der Waals surface area contributed by atoms with E-state index in [2.05, 4.69) is 5.32 Å². The molecule has 0 spiro atoms. The van der Waals surface area contributed by atoms with E-state index < -0.39 is 18.0 Å². The Hall–Kier alpha value is -2.41. The molecule has 3 aromatic rings. The van der Waals surface area contributed by atoms with Gasteiger partial charge in [0.1, 0.15) is 6.04 Å². The van der Waals surface area contributed by atoms with E-state index in [0.717, 1.165) is 21.2 Å². The van der Waals surface area contributed by atoms with Crippen LogP contribution in [0.5, 0.6) is 0 Å². The van der Waals surface area contributed by atoms with Gasteiger partial charge in [0, 0.05) is 11.1 Å². The second-order valence-corrected chi connectivity index (χ2v) is 7.13. The Kier molecular flexibility index (Phi) is 7.36. The highest BCUT2D eigenvalue weighted by Crippen LogP contribution is 2.26. The number of carbonyl (C=O) groups is 2. The van der Waals surface area contributed by atoms with Gasteiger partial charge in [-0.2, -0.15) is 0 Å². The van der Waals surface area contributed by atoms with Crippen LogP contribution in [-0.2, 0) is 22.4 Å². The molecule has 5 N–H and O–H groups in total. The van der Waals surface area contributed by atoms with Gasteiger partial charge in [-0.3, -0.25) is 9.59 Å². The zero-order valence-corrected chi connectivity index (χ0v) is 16.3. The van der Waals surface area contributed by atoms with Crippen LogP contribution in [-0.4, -0.2) is 23.9 Å². The minimum absolute atomic E-state index is 0. The summed E-state index contributed by atoms with van der Waals surface area (Å²) < 4.78 is 1.16. The van der Waals surface area contributed by atoms with Crippen LogP contribution in [0.3, 0.4) is 0 Å². The topological polar surface area (TPSA) is 98.2 Å². The van der Waals surface area contributed by atoms with Gasteiger partial charge in [0.15, 0.2) is 0 Å². The molecule has 2 atom stereocenters. The molecule has 2 aromatic carbocycles. The second-order valence-electron chi connectivity index (χ2n) is 6.22. The first kappa shape index (κ1) is 20.9. The van der Waals surface area contributed by atoms with Crippen LogP contribution < -0.4 is 16.8 Å². The van der Waals surface area contributed by atoms with E-state index >= 15 is 0 Å². The molecule has 1 aromatic heterocycles. The van der Waals surface area contributed by atoms with Crippen LogP contribution in [0, 0.1) is 0 Å². The molecule has 1 unspecified atom stereocenters. The molecule has 0 radical (unpaired) electrons. The first-order chi connectivity index (χ1) is 12.5. The maximum atomic E-state index is 12.5. The monoisotopic (exact) mass is 403 g/mol. The van der Waals surface area contributed by atoms with Crippen LogP contribution >= 0.6 is 23.7 Å². The van der Waals surface area contributed by atoms with Crippen molar-refractivity contribution in [1.29, 1.82) is 0 Å². The number of primary amides is 1. The predicted molar refractivity (Wildman–Crippen MR) is 112 cm³/mol. The lowest BCUT2D eigenvalue weighted by molar-refractivity contribution is -0.128. The smallest absolute Gasteiger partial charge is 0.240 e. The van der Waals surface area contributed by atoms with E-state index in [1.165, 1.54) is 0 Å². The number of benzene rings is 2. The van der Waals surface area contributed by atoms with Crippen LogP contribution in [0.4, 0.5) is 0 Å². The summed E-state index contributed by atoms with van der Waals surface area (Å²) in [6.07, 6.45) is 0.753. The summed E-state index contributed by atoms with van der Waals surface area (Å²) >= 11 is 1.63. The van der Waals surface area contributed by atoms with Crippen LogP contribution in [0.2, 0.25) is 0 Å². The molecule has 0 aliphatic carbocycles. The Morgan fingerprint density at radius 1 is 1.00 bits per heavy atom. The average Bonchev–Trinajstić information content (AvgIpc) is 3.05. The van der Waals surface area contributed by atoms with Gasteiger partial charge in [0.2, 0.25) is 11.8 Å². The molecule has 27 heavy (non-hydrogen) atoms. The third-order valence-electron chi connectivity index (χ3n) is 4.28. The molecule has 5 nitrogen and oxygen atoms in total. The number of halogens is 1. The fourth-order valence-corrected chi connectivity index (χ4v) is 3.85. The molecule has 142 valence electrons. The Balaban J connectivity index is 0.00000261. The van der Waals surface area contributed by atoms with Gasteiger partial charge in [-0.25, -0.2) is 0 Å². The number of rotatable bonds is 7. The minimum atomic E-state index is -0.782. The molecule has 7 heteroatoms. The largest absolute Gasteiger partial charge is 0.368 e. The van der Waals surface area contributed by atoms with Crippen LogP contribution in [0.1, 0.15) is 11.1 Å². The number of amides is 2. The lowest BCUT2D eigenvalue weighted by Gasteiger charge is -2.18. The molecular weight excluding hydrogens is 382 g/mol. The molecule has 3 rings (SSSR count). The van der Waals surface area contributed by atoms with Gasteiger partial charge >= 0.3 is 0 Å². The van der Waals surface area contributed by atoms with Crippen molar-refractivity contribution >= 4 is 45.6 Å². The third-order valence-corrected chi connectivity index (χ3v) is 5.29. The number of thiophene rings is 1. The van der Waals surface area contributed by atoms with Crippen LogP contribution in [0.15, 0.2) is 60.0 Å². The van der Waals surface area contributed by atoms with E-state index in [-0.39, 0.29) is 18.3 Å². The molecule has 0 aliphatic rings. The SMILES string of the molecule is Cl.NC(=O)[C@H](Cc1ccccc1)NC(=O)C(N)Cc1csc2ccccc12. The Labute approximate surface area is 168 Å². The summed E-state index contributed by atoms with van der Waals surface area (Å²) in [7, 11) is 0. The minimum Gasteiger partial charge on any atom is -0.368 e. The molecule has 0 saturated carbocycles. The van der Waals surface area contributed by atoms with Crippen molar-refractivity contribution in [3.05, 3.63) is 71.1 Å². The van der Waals surface area contributed by atoms with E-state index in [1.807, 2.05) is 60.0 Å². The Bertz CT molecular complexity index is 914. The quantitative estimate of drug-likeness (QED) is 0.564. The number of carbonyl (C=O) groups excluding carboxylic acids is 2. The molecule has 0 saturated heterocycles. The van der Waals surface area contributed by atoms with E-state index in [9.17, 15) is 9.59 Å². The number of nitrogens with two attached hydrogens (primary N) is 2. The first-order valence-corrected chi connectivity index (χ1v) is 9.27. The van der Waals surface area contributed by atoms with E-state index in [1.54, 1.807) is 11.3 Å². The standard InChI is InChI=1S/C20H21N3O2S.ClH/c21-16(11-14-12-26-18-9-5-4-8-15(14)18)20(25)23-17(19(22)24)10-13-6-2-1-3-7-13;/h1-9,12,16-17H,10-11,21H2,(H2,22,24)(H,23,25);1H/t16?,17-;/m0./s1. The van der Waals surface area contributed by atoms with Crippen molar-refractivity contribution in [3.63, 3.8) is 0 Å². The molecule has 0 aliphatic heterocycles. The number of fused-ring (bicyclic) bond motifs is 1. The van der Waals surface area contributed by atoms with Crippen molar-refractivity contribution in [2.24, 2.45) is 11.5 Å². The Morgan fingerprint density at radius 3 is 2.37 bits per heavy atom. The van der Waals surface area contributed by atoms with Crippen molar-refractivity contribution in [3.8, 4) is 0 Å². The van der Waals surface area contributed by atoms with Gasteiger partial charge in [0.25, 0.3) is 0 Å². The third kappa shape index (κ3) is 5.29. The normalized spacial score (nSPS) is 12.8. The maximum absolute atomic E-state index is 12.5. The van der Waals surface area contributed by atoms with Gasteiger partial charge in [-0.1, -0.05) is 48.5 Å². The lowest BCUT2D eigenvalue weighted by Crippen LogP contribution is -2.51. The number of nitrogens with one attached hydrogen (secondary N) is 1. The summed E-state index contributed by atoms with van der Waals surface area (Å²) in [6, 6.07) is 15.9. The zero-order chi connectivity index (χ0) is 18.5. The van der Waals surface area contributed by atoms with Gasteiger partial charge < -0.3 is 16.8 Å². The van der Waals surface area contributed by atoms with Crippen molar-refractivity contribution < 1.29 is 9.59 Å². The number of hydrogen-bond acceptors (Lipinski definition) is 4. The lowest BCUT2D eigenvalue weighted by atomic mass is 10.0. The summed E-state index contributed by atoms with van der Waals surface area (Å²) in [4.78, 5) is 24.2. The van der Waals surface area contributed by atoms with Crippen LogP contribution in [0.25, 0.3) is 10.1 Å². The number of hydrogen-bond donors (Lipinski definition) is 3. The molecule has 0 bridgehead atoms. The summed E-state index contributed by atoms with van der Waals surface area (Å²) in [5.74, 6) is -0.949. The molecular formula is C20H22ClN3O2S. The fraction of sp³-hybridized carbons (Fsp3) is 0.200. The Morgan fingerprint density at radius 2 is 1.67 bits per heavy atom. The second kappa shape index (κ2) is 9.50. The highest BCUT2D eigenvalue weighted by molar-refractivity contribution is 7.17. The molecule has 0 fully saturated rings. The van der Waals surface area contributed by atoms with Gasteiger partial charge in [-0.05, 0) is 34.4 Å². The van der Waals surface area contributed by atoms with Crippen molar-refractivity contribution in [2.75, 3.05) is 0 Å². The van der Waals surface area contributed by atoms with Crippen molar-refractivity contribution in [2.45, 2.75) is 24.9 Å². The van der Waals surface area contributed by atoms with Gasteiger partial charge in [0.05, 0.1) is 6.04 Å². The van der Waals surface area contributed by atoms with E-state index in [4.69, 9.17) is 11.5 Å². The predicted octanol–water partition coefficient (Wildman–Crippen LogP) is 2.41. The first-order valence-electron chi connectivity index (χ1n) is 8.39.